The van der Waals surface area contributed by atoms with Crippen molar-refractivity contribution in [1.29, 1.82) is 0 Å². The van der Waals surface area contributed by atoms with Crippen molar-refractivity contribution in [2.75, 3.05) is 32.6 Å². The Morgan fingerprint density at radius 2 is 2.06 bits per heavy atom. The lowest BCUT2D eigenvalue weighted by atomic mass is 10.2. The topological polar surface area (TPSA) is 41.6 Å². The zero-order chi connectivity index (χ0) is 13.2. The molecule has 1 rings (SSSR count). The quantitative estimate of drug-likeness (QED) is 0.772. The standard InChI is InChI=1S/C13H19ClN2O2/c1-16(9-7-14)10-8-15-13(17)18-11-12-5-3-2-4-6-12/h2-6H,7-11H2,1H3,(H,15,17). The number of nitrogens with zero attached hydrogens (tertiary/aromatic N) is 1. The van der Waals surface area contributed by atoms with Crippen LogP contribution in [-0.4, -0.2) is 43.6 Å². The Balaban J connectivity index is 2.11. The Morgan fingerprint density at radius 3 is 2.72 bits per heavy atom. The summed E-state index contributed by atoms with van der Waals surface area (Å²) in [4.78, 5) is 13.4. The van der Waals surface area contributed by atoms with E-state index < -0.39 is 6.09 Å². The lowest BCUT2D eigenvalue weighted by Crippen LogP contribution is -2.34. The van der Waals surface area contributed by atoms with Crippen molar-refractivity contribution in [1.82, 2.24) is 10.2 Å². The highest BCUT2D eigenvalue weighted by Gasteiger charge is 2.03. The molecule has 100 valence electrons. The van der Waals surface area contributed by atoms with E-state index in [-0.39, 0.29) is 0 Å². The fourth-order valence-electron chi connectivity index (χ4n) is 1.38. The number of amides is 1. The lowest BCUT2D eigenvalue weighted by Gasteiger charge is -2.15. The maximum absolute atomic E-state index is 11.4. The molecule has 0 saturated heterocycles. The van der Waals surface area contributed by atoms with Crippen molar-refractivity contribution >= 4 is 17.7 Å². The average molecular weight is 271 g/mol. The van der Waals surface area contributed by atoms with Gasteiger partial charge in [-0.3, -0.25) is 0 Å². The number of nitrogens with one attached hydrogen (secondary N) is 1. The summed E-state index contributed by atoms with van der Waals surface area (Å²) in [5, 5.41) is 2.70. The van der Waals surface area contributed by atoms with Gasteiger partial charge in [-0.05, 0) is 12.6 Å². The molecule has 1 amide bonds. The summed E-state index contributed by atoms with van der Waals surface area (Å²) in [5.41, 5.74) is 0.979. The second kappa shape index (κ2) is 8.78. The fourth-order valence-corrected chi connectivity index (χ4v) is 1.67. The normalized spacial score (nSPS) is 10.4. The van der Waals surface area contributed by atoms with Crippen molar-refractivity contribution in [2.24, 2.45) is 0 Å². The van der Waals surface area contributed by atoms with Gasteiger partial charge < -0.3 is 15.0 Å². The first kappa shape index (κ1) is 14.8. The molecule has 0 spiro atoms. The molecule has 0 saturated carbocycles. The molecule has 0 heterocycles. The first-order valence-corrected chi connectivity index (χ1v) is 6.45. The Labute approximate surface area is 113 Å². The van der Waals surface area contributed by atoms with Crippen LogP contribution in [-0.2, 0) is 11.3 Å². The molecule has 0 fully saturated rings. The van der Waals surface area contributed by atoms with Gasteiger partial charge in [0.15, 0.2) is 0 Å². The van der Waals surface area contributed by atoms with E-state index >= 15 is 0 Å². The highest BCUT2D eigenvalue weighted by molar-refractivity contribution is 6.18. The van der Waals surface area contributed by atoms with Gasteiger partial charge in [-0.15, -0.1) is 11.6 Å². The molecule has 0 atom stereocenters. The van der Waals surface area contributed by atoms with Crippen LogP contribution in [0.2, 0.25) is 0 Å². The Bertz CT molecular complexity index is 346. The number of hydrogen-bond acceptors (Lipinski definition) is 3. The molecule has 0 unspecified atom stereocenters. The molecule has 18 heavy (non-hydrogen) atoms. The second-order valence-corrected chi connectivity index (χ2v) is 4.36. The summed E-state index contributed by atoms with van der Waals surface area (Å²) in [6.07, 6.45) is -0.391. The fraction of sp³-hybridized carbons (Fsp3) is 0.462. The smallest absolute Gasteiger partial charge is 0.407 e. The summed E-state index contributed by atoms with van der Waals surface area (Å²) in [7, 11) is 1.96. The summed E-state index contributed by atoms with van der Waals surface area (Å²) in [5.74, 6) is 0.592. The van der Waals surface area contributed by atoms with Crippen molar-refractivity contribution in [3.05, 3.63) is 35.9 Å². The van der Waals surface area contributed by atoms with Crippen molar-refractivity contribution in [2.45, 2.75) is 6.61 Å². The molecule has 0 aliphatic carbocycles. The van der Waals surface area contributed by atoms with Gasteiger partial charge in [-0.1, -0.05) is 30.3 Å². The van der Waals surface area contributed by atoms with Crippen LogP contribution < -0.4 is 5.32 Å². The first-order chi connectivity index (χ1) is 8.72. The summed E-state index contributed by atoms with van der Waals surface area (Å²) in [6, 6.07) is 9.59. The number of rotatable bonds is 7. The van der Waals surface area contributed by atoms with Crippen LogP contribution in [0.25, 0.3) is 0 Å². The predicted octanol–water partition coefficient (Wildman–Crippen LogP) is 2.08. The van der Waals surface area contributed by atoms with Gasteiger partial charge in [-0.2, -0.15) is 0 Å². The Morgan fingerprint density at radius 1 is 1.33 bits per heavy atom. The van der Waals surface area contributed by atoms with Gasteiger partial charge in [0.1, 0.15) is 6.61 Å². The van der Waals surface area contributed by atoms with Crippen LogP contribution >= 0.6 is 11.6 Å². The Kier molecular flexibility index (Phi) is 7.22. The van der Waals surface area contributed by atoms with Crippen LogP contribution in [0.15, 0.2) is 30.3 Å². The van der Waals surface area contributed by atoms with E-state index in [4.69, 9.17) is 16.3 Å². The largest absolute Gasteiger partial charge is 0.445 e. The molecular formula is C13H19ClN2O2. The third kappa shape index (κ3) is 6.47. The maximum atomic E-state index is 11.4. The first-order valence-electron chi connectivity index (χ1n) is 5.91. The van der Waals surface area contributed by atoms with Gasteiger partial charge in [0.2, 0.25) is 0 Å². The zero-order valence-electron chi connectivity index (χ0n) is 10.6. The number of halogens is 1. The number of ether oxygens (including phenoxy) is 1. The van der Waals surface area contributed by atoms with Gasteiger partial charge in [-0.25, -0.2) is 4.79 Å². The minimum Gasteiger partial charge on any atom is -0.445 e. The lowest BCUT2D eigenvalue weighted by molar-refractivity contribution is 0.138. The molecule has 0 aliphatic heterocycles. The molecule has 0 radical (unpaired) electrons. The molecule has 0 aromatic heterocycles. The molecule has 4 nitrogen and oxygen atoms in total. The number of carbonyl (C=O) groups is 1. The highest BCUT2D eigenvalue weighted by Crippen LogP contribution is 2.00. The van der Waals surface area contributed by atoms with Gasteiger partial charge in [0.25, 0.3) is 0 Å². The van der Waals surface area contributed by atoms with Crippen LogP contribution in [0, 0.1) is 0 Å². The summed E-state index contributed by atoms with van der Waals surface area (Å²) < 4.78 is 5.08. The molecule has 1 aromatic carbocycles. The third-order valence-corrected chi connectivity index (χ3v) is 2.61. The monoisotopic (exact) mass is 270 g/mol. The molecule has 5 heteroatoms. The number of likely N-dealkylation sites (N-methyl/N-ethyl adjacent to an activating group) is 1. The van der Waals surface area contributed by atoms with Crippen LogP contribution in [0.1, 0.15) is 5.56 Å². The molecule has 0 aliphatic rings. The number of benzene rings is 1. The maximum Gasteiger partial charge on any atom is 0.407 e. The van der Waals surface area contributed by atoms with E-state index in [0.717, 1.165) is 18.7 Å². The summed E-state index contributed by atoms with van der Waals surface area (Å²) >= 11 is 5.60. The number of alkyl carbamates (subject to hydrolysis) is 1. The van der Waals surface area contributed by atoms with E-state index in [1.165, 1.54) is 0 Å². The molecule has 1 aromatic rings. The van der Waals surface area contributed by atoms with Gasteiger partial charge in [0, 0.05) is 25.5 Å². The van der Waals surface area contributed by atoms with Crippen molar-refractivity contribution in [3.8, 4) is 0 Å². The Hall–Kier alpha value is -1.26. The number of hydrogen-bond donors (Lipinski definition) is 1. The molecular weight excluding hydrogens is 252 g/mol. The highest BCUT2D eigenvalue weighted by atomic mass is 35.5. The van der Waals surface area contributed by atoms with E-state index in [0.29, 0.717) is 19.0 Å². The minimum absolute atomic E-state index is 0.296. The van der Waals surface area contributed by atoms with E-state index in [1.807, 2.05) is 42.3 Å². The third-order valence-electron chi connectivity index (χ3n) is 2.44. The van der Waals surface area contributed by atoms with Crippen LogP contribution in [0.5, 0.6) is 0 Å². The van der Waals surface area contributed by atoms with Crippen LogP contribution in [0.4, 0.5) is 4.79 Å². The molecule has 1 N–H and O–H groups in total. The van der Waals surface area contributed by atoms with Gasteiger partial charge >= 0.3 is 6.09 Å². The minimum atomic E-state index is -0.391. The van der Waals surface area contributed by atoms with Crippen molar-refractivity contribution < 1.29 is 9.53 Å². The van der Waals surface area contributed by atoms with Crippen molar-refractivity contribution in [3.63, 3.8) is 0 Å². The number of carbonyl (C=O) groups excluding carboxylic acids is 1. The average Bonchev–Trinajstić information content (AvgIpc) is 2.38. The van der Waals surface area contributed by atoms with Gasteiger partial charge in [0.05, 0.1) is 0 Å². The zero-order valence-corrected chi connectivity index (χ0v) is 11.3. The van der Waals surface area contributed by atoms with E-state index in [1.54, 1.807) is 0 Å². The second-order valence-electron chi connectivity index (χ2n) is 3.98. The van der Waals surface area contributed by atoms with Crippen LogP contribution in [0.3, 0.4) is 0 Å². The molecule has 0 bridgehead atoms. The SMILES string of the molecule is CN(CCCl)CCNC(=O)OCc1ccccc1. The van der Waals surface area contributed by atoms with E-state index in [2.05, 4.69) is 5.32 Å². The number of alkyl halides is 1. The predicted molar refractivity (Wildman–Crippen MR) is 72.8 cm³/mol. The van der Waals surface area contributed by atoms with E-state index in [9.17, 15) is 4.79 Å². The summed E-state index contributed by atoms with van der Waals surface area (Å²) in [6.45, 7) is 2.42.